The fraction of sp³-hybridized carbons (Fsp3) is 0.294. The molecule has 2 aromatic rings. The maximum absolute atomic E-state index is 12.7. The Hall–Kier alpha value is -2.99. The molecule has 0 spiro atoms. The summed E-state index contributed by atoms with van der Waals surface area (Å²) >= 11 is 0. The molecular formula is C17H21N5O3S. The Kier molecular flexibility index (Phi) is 5.28. The summed E-state index contributed by atoms with van der Waals surface area (Å²) in [6.45, 7) is 1.83. The van der Waals surface area contributed by atoms with E-state index in [2.05, 4.69) is 10.0 Å². The van der Waals surface area contributed by atoms with E-state index in [0.717, 1.165) is 11.3 Å². The van der Waals surface area contributed by atoms with Crippen LogP contribution in [0.15, 0.2) is 29.3 Å². The Bertz CT molecular complexity index is 1000. The number of carbonyl (C=O) groups excluding carboxylic acids is 1. The topological polar surface area (TPSA) is 107 Å². The lowest BCUT2D eigenvalue weighted by molar-refractivity contribution is 0.0955. The van der Waals surface area contributed by atoms with E-state index in [-0.39, 0.29) is 21.8 Å². The Morgan fingerprint density at radius 3 is 2.46 bits per heavy atom. The van der Waals surface area contributed by atoms with Crippen LogP contribution in [-0.4, -0.2) is 40.0 Å². The van der Waals surface area contributed by atoms with Gasteiger partial charge in [0.15, 0.2) is 0 Å². The standard InChI is InChI=1S/C17H21N5O3S/c1-11-6-14(12(9-18)7-15(11)21(3)4)20-26(24,25)13-8-16(17(23)19-2)22(5)10-13/h6-8,10,20H,1-5H3,(H,19,23). The van der Waals surface area contributed by atoms with Crippen molar-refractivity contribution >= 4 is 27.3 Å². The predicted octanol–water partition coefficient (Wildman–Crippen LogP) is 1.43. The molecule has 2 N–H and O–H groups in total. The van der Waals surface area contributed by atoms with E-state index >= 15 is 0 Å². The van der Waals surface area contributed by atoms with Crippen molar-refractivity contribution < 1.29 is 13.2 Å². The minimum atomic E-state index is -3.95. The highest BCUT2D eigenvalue weighted by molar-refractivity contribution is 7.92. The number of hydrogen-bond donors (Lipinski definition) is 2. The first-order valence-corrected chi connectivity index (χ1v) is 9.22. The molecule has 9 heteroatoms. The van der Waals surface area contributed by atoms with E-state index in [1.54, 1.807) is 19.2 Å². The van der Waals surface area contributed by atoms with Crippen LogP contribution in [0.5, 0.6) is 0 Å². The minimum absolute atomic E-state index is 0.0585. The fourth-order valence-electron chi connectivity index (χ4n) is 2.59. The Morgan fingerprint density at radius 1 is 1.27 bits per heavy atom. The molecule has 0 bridgehead atoms. The summed E-state index contributed by atoms with van der Waals surface area (Å²) < 4.78 is 29.3. The first kappa shape index (κ1) is 19.3. The van der Waals surface area contributed by atoms with Crippen LogP contribution in [0.2, 0.25) is 0 Å². The zero-order chi connectivity index (χ0) is 19.6. The van der Waals surface area contributed by atoms with Crippen LogP contribution in [0, 0.1) is 18.3 Å². The van der Waals surface area contributed by atoms with Gasteiger partial charge in [0.05, 0.1) is 11.3 Å². The average molecular weight is 375 g/mol. The number of sulfonamides is 1. The Morgan fingerprint density at radius 2 is 1.92 bits per heavy atom. The molecule has 26 heavy (non-hydrogen) atoms. The second kappa shape index (κ2) is 7.09. The third-order valence-corrected chi connectivity index (χ3v) is 5.27. The van der Waals surface area contributed by atoms with Gasteiger partial charge < -0.3 is 14.8 Å². The molecule has 0 radical (unpaired) electrons. The van der Waals surface area contributed by atoms with Crippen LogP contribution in [0.4, 0.5) is 11.4 Å². The van der Waals surface area contributed by atoms with Gasteiger partial charge in [0.25, 0.3) is 15.9 Å². The number of nitrogens with one attached hydrogen (secondary N) is 2. The first-order valence-electron chi connectivity index (χ1n) is 7.74. The second-order valence-corrected chi connectivity index (χ2v) is 7.73. The molecule has 0 saturated heterocycles. The van der Waals surface area contributed by atoms with Crippen LogP contribution >= 0.6 is 0 Å². The number of carbonyl (C=O) groups is 1. The molecule has 138 valence electrons. The van der Waals surface area contributed by atoms with Crippen molar-refractivity contribution in [2.24, 2.45) is 7.05 Å². The normalized spacial score (nSPS) is 10.9. The number of aromatic nitrogens is 1. The molecule has 1 aromatic carbocycles. The highest BCUT2D eigenvalue weighted by atomic mass is 32.2. The summed E-state index contributed by atoms with van der Waals surface area (Å²) in [7, 11) is 2.79. The summed E-state index contributed by atoms with van der Waals surface area (Å²) in [6, 6.07) is 6.55. The van der Waals surface area contributed by atoms with Crippen molar-refractivity contribution in [3.63, 3.8) is 0 Å². The SMILES string of the molecule is CNC(=O)c1cc(S(=O)(=O)Nc2cc(C)c(N(C)C)cc2C#N)cn1C. The molecule has 0 unspecified atom stereocenters. The summed E-state index contributed by atoms with van der Waals surface area (Å²) in [5, 5.41) is 11.8. The summed E-state index contributed by atoms with van der Waals surface area (Å²) in [6.07, 6.45) is 1.35. The number of nitrogens with zero attached hydrogens (tertiary/aromatic N) is 3. The molecule has 0 saturated carbocycles. The molecule has 0 fully saturated rings. The van der Waals surface area contributed by atoms with Crippen molar-refractivity contribution in [3.8, 4) is 6.07 Å². The monoisotopic (exact) mass is 375 g/mol. The van der Waals surface area contributed by atoms with Gasteiger partial charge in [0.2, 0.25) is 0 Å². The van der Waals surface area contributed by atoms with E-state index in [9.17, 15) is 18.5 Å². The number of anilines is 2. The zero-order valence-electron chi connectivity index (χ0n) is 15.3. The third kappa shape index (κ3) is 3.65. The molecule has 1 heterocycles. The van der Waals surface area contributed by atoms with Crippen molar-refractivity contribution in [3.05, 3.63) is 41.2 Å². The van der Waals surface area contributed by atoms with Gasteiger partial charge in [-0.05, 0) is 30.7 Å². The van der Waals surface area contributed by atoms with Crippen LogP contribution in [0.3, 0.4) is 0 Å². The van der Waals surface area contributed by atoms with Crippen LogP contribution in [-0.2, 0) is 17.1 Å². The van der Waals surface area contributed by atoms with Gasteiger partial charge in [0.1, 0.15) is 16.7 Å². The molecule has 1 aromatic heterocycles. The van der Waals surface area contributed by atoms with Crippen LogP contribution in [0.1, 0.15) is 21.6 Å². The van der Waals surface area contributed by atoms with Crippen LogP contribution in [0.25, 0.3) is 0 Å². The first-order chi connectivity index (χ1) is 12.1. The van der Waals surface area contributed by atoms with Gasteiger partial charge in [-0.2, -0.15) is 5.26 Å². The number of rotatable bonds is 5. The lowest BCUT2D eigenvalue weighted by Crippen LogP contribution is -2.20. The number of aryl methyl sites for hydroxylation is 2. The Labute approximate surface area is 153 Å². The van der Waals surface area contributed by atoms with E-state index in [1.165, 1.54) is 23.9 Å². The lowest BCUT2D eigenvalue weighted by atomic mass is 10.1. The molecule has 0 atom stereocenters. The van der Waals surface area contributed by atoms with Crippen molar-refractivity contribution in [1.29, 1.82) is 5.26 Å². The van der Waals surface area contributed by atoms with E-state index in [1.807, 2.05) is 32.0 Å². The van der Waals surface area contributed by atoms with Gasteiger partial charge in [-0.3, -0.25) is 9.52 Å². The highest BCUT2D eigenvalue weighted by Gasteiger charge is 2.22. The third-order valence-electron chi connectivity index (χ3n) is 3.93. The quantitative estimate of drug-likeness (QED) is 0.822. The predicted molar refractivity (Wildman–Crippen MR) is 99.8 cm³/mol. The summed E-state index contributed by atoms with van der Waals surface area (Å²) in [4.78, 5) is 13.6. The van der Waals surface area contributed by atoms with Gasteiger partial charge in [0, 0.05) is 40.1 Å². The van der Waals surface area contributed by atoms with E-state index in [0.29, 0.717) is 0 Å². The smallest absolute Gasteiger partial charge is 0.267 e. The molecule has 0 aliphatic heterocycles. The Balaban J connectivity index is 2.46. The average Bonchev–Trinajstić information content (AvgIpc) is 2.96. The van der Waals surface area contributed by atoms with Gasteiger partial charge in [-0.1, -0.05) is 0 Å². The number of benzene rings is 1. The minimum Gasteiger partial charge on any atom is -0.377 e. The van der Waals surface area contributed by atoms with E-state index in [4.69, 9.17) is 0 Å². The largest absolute Gasteiger partial charge is 0.377 e. The fourth-order valence-corrected chi connectivity index (χ4v) is 3.73. The molecule has 0 aliphatic rings. The lowest BCUT2D eigenvalue weighted by Gasteiger charge is -2.18. The summed E-state index contributed by atoms with van der Waals surface area (Å²) in [5.74, 6) is -0.391. The van der Waals surface area contributed by atoms with Crippen molar-refractivity contribution in [2.75, 3.05) is 30.8 Å². The molecule has 2 rings (SSSR count). The highest BCUT2D eigenvalue weighted by Crippen LogP contribution is 2.28. The number of nitriles is 1. The molecule has 0 aliphatic carbocycles. The molecule has 1 amide bonds. The molecule has 8 nitrogen and oxygen atoms in total. The molecular weight excluding hydrogens is 354 g/mol. The zero-order valence-corrected chi connectivity index (χ0v) is 16.1. The number of amides is 1. The van der Waals surface area contributed by atoms with Crippen molar-refractivity contribution in [2.45, 2.75) is 11.8 Å². The van der Waals surface area contributed by atoms with Crippen LogP contribution < -0.4 is 14.9 Å². The van der Waals surface area contributed by atoms with Crippen molar-refractivity contribution in [1.82, 2.24) is 9.88 Å². The second-order valence-electron chi connectivity index (χ2n) is 6.05. The van der Waals surface area contributed by atoms with Gasteiger partial charge in [-0.25, -0.2) is 8.42 Å². The maximum Gasteiger partial charge on any atom is 0.267 e. The van der Waals surface area contributed by atoms with Gasteiger partial charge >= 0.3 is 0 Å². The van der Waals surface area contributed by atoms with Gasteiger partial charge in [-0.15, -0.1) is 0 Å². The number of hydrogen-bond acceptors (Lipinski definition) is 5. The summed E-state index contributed by atoms with van der Waals surface area (Å²) in [5.41, 5.74) is 2.27. The maximum atomic E-state index is 12.7. The van der Waals surface area contributed by atoms with E-state index < -0.39 is 15.9 Å².